The zero-order valence-corrected chi connectivity index (χ0v) is 13.6. The molecule has 2 fully saturated rings. The van der Waals surface area contributed by atoms with Gasteiger partial charge in [-0.1, -0.05) is 28.1 Å². The predicted octanol–water partition coefficient (Wildman–Crippen LogP) is 3.06. The molecule has 4 atom stereocenters. The van der Waals surface area contributed by atoms with Crippen molar-refractivity contribution in [2.45, 2.75) is 12.8 Å². The van der Waals surface area contributed by atoms with Crippen LogP contribution in [0.2, 0.25) is 0 Å². The van der Waals surface area contributed by atoms with Gasteiger partial charge in [0.25, 0.3) is 5.69 Å². The van der Waals surface area contributed by atoms with Crippen LogP contribution < -0.4 is 4.90 Å². The third-order valence-electron chi connectivity index (χ3n) is 5.13. The molecule has 1 saturated heterocycles. The molecule has 0 N–H and O–H groups in total. The van der Waals surface area contributed by atoms with Gasteiger partial charge in [-0.3, -0.25) is 19.7 Å². The average molecular weight is 377 g/mol. The van der Waals surface area contributed by atoms with E-state index in [1.165, 1.54) is 12.1 Å². The number of anilines is 1. The van der Waals surface area contributed by atoms with E-state index in [0.717, 1.165) is 17.7 Å². The Labute approximate surface area is 140 Å². The van der Waals surface area contributed by atoms with Crippen LogP contribution in [0.4, 0.5) is 11.4 Å². The SMILES string of the molecule is O=C1[C@@H]2[C@H](C(=O)N1c1ccc(Br)cc1[N+](=O)[O-])[C@@H]1C=C[C@@H]2CC1. The lowest BCUT2D eigenvalue weighted by atomic mass is 9.63. The number of rotatable bonds is 2. The minimum Gasteiger partial charge on any atom is -0.274 e. The number of allylic oxidation sites excluding steroid dienone is 2. The number of nitrogens with zero attached hydrogens (tertiary/aromatic N) is 2. The van der Waals surface area contributed by atoms with E-state index in [2.05, 4.69) is 15.9 Å². The number of nitro benzene ring substituents is 1. The van der Waals surface area contributed by atoms with Gasteiger partial charge in [-0.15, -0.1) is 0 Å². The molecule has 1 aromatic carbocycles. The van der Waals surface area contributed by atoms with Gasteiger partial charge in [0.2, 0.25) is 11.8 Å². The van der Waals surface area contributed by atoms with Crippen LogP contribution in [-0.4, -0.2) is 16.7 Å². The maximum atomic E-state index is 12.8. The molecule has 6 nitrogen and oxygen atoms in total. The van der Waals surface area contributed by atoms with E-state index >= 15 is 0 Å². The van der Waals surface area contributed by atoms with E-state index < -0.39 is 4.92 Å². The zero-order chi connectivity index (χ0) is 16.3. The van der Waals surface area contributed by atoms with Crippen molar-refractivity contribution in [1.29, 1.82) is 0 Å². The summed E-state index contributed by atoms with van der Waals surface area (Å²) in [4.78, 5) is 37.5. The van der Waals surface area contributed by atoms with Crippen molar-refractivity contribution in [1.82, 2.24) is 0 Å². The highest BCUT2D eigenvalue weighted by Crippen LogP contribution is 2.51. The second-order valence-corrected chi connectivity index (χ2v) is 7.16. The van der Waals surface area contributed by atoms with Gasteiger partial charge in [-0.25, -0.2) is 4.90 Å². The van der Waals surface area contributed by atoms with Crippen molar-refractivity contribution in [3.63, 3.8) is 0 Å². The molecule has 1 aromatic rings. The first-order valence-electron chi connectivity index (χ1n) is 7.49. The van der Waals surface area contributed by atoms with E-state index in [-0.39, 0.29) is 46.9 Å². The Morgan fingerprint density at radius 2 is 1.65 bits per heavy atom. The molecule has 4 aliphatic rings. The second kappa shape index (κ2) is 4.99. The number of benzene rings is 1. The van der Waals surface area contributed by atoms with Crippen LogP contribution in [0.1, 0.15) is 12.8 Å². The van der Waals surface area contributed by atoms with Gasteiger partial charge in [-0.05, 0) is 36.8 Å². The maximum absolute atomic E-state index is 12.8. The van der Waals surface area contributed by atoms with Crippen LogP contribution in [0, 0.1) is 33.8 Å². The van der Waals surface area contributed by atoms with Crippen molar-refractivity contribution in [3.05, 3.63) is 44.9 Å². The Morgan fingerprint density at radius 3 is 2.13 bits per heavy atom. The lowest BCUT2D eigenvalue weighted by Crippen LogP contribution is -2.38. The van der Waals surface area contributed by atoms with Crippen LogP contribution >= 0.6 is 15.9 Å². The molecule has 3 aliphatic carbocycles. The summed E-state index contributed by atoms with van der Waals surface area (Å²) in [5, 5.41) is 11.3. The minimum atomic E-state index is -0.560. The Hall–Kier alpha value is -2.02. The quantitative estimate of drug-likeness (QED) is 0.343. The third-order valence-corrected chi connectivity index (χ3v) is 5.63. The van der Waals surface area contributed by atoms with Crippen molar-refractivity contribution in [2.75, 3.05) is 4.90 Å². The minimum absolute atomic E-state index is 0.0703. The molecule has 2 amide bonds. The van der Waals surface area contributed by atoms with Crippen molar-refractivity contribution in [3.8, 4) is 0 Å². The summed E-state index contributed by atoms with van der Waals surface area (Å²) in [6.45, 7) is 0. The van der Waals surface area contributed by atoms with E-state index in [0.29, 0.717) is 4.47 Å². The van der Waals surface area contributed by atoms with Crippen molar-refractivity contribution < 1.29 is 14.5 Å². The van der Waals surface area contributed by atoms with Gasteiger partial charge in [0.05, 0.1) is 16.8 Å². The molecule has 0 spiro atoms. The van der Waals surface area contributed by atoms with Crippen LogP contribution in [0.5, 0.6) is 0 Å². The normalized spacial score (nSPS) is 31.6. The lowest BCUT2D eigenvalue weighted by Gasteiger charge is -2.38. The number of fused-ring (bicyclic) bond motifs is 1. The number of amides is 2. The molecule has 23 heavy (non-hydrogen) atoms. The number of nitro groups is 1. The monoisotopic (exact) mass is 376 g/mol. The third kappa shape index (κ3) is 1.99. The first-order valence-corrected chi connectivity index (χ1v) is 8.28. The molecule has 0 unspecified atom stereocenters. The van der Waals surface area contributed by atoms with Crippen molar-refractivity contribution in [2.24, 2.45) is 23.7 Å². The van der Waals surface area contributed by atoms with Crippen LogP contribution in [0.15, 0.2) is 34.8 Å². The number of hydrogen-bond donors (Lipinski definition) is 0. The summed E-state index contributed by atoms with van der Waals surface area (Å²) in [6.07, 6.45) is 5.86. The summed E-state index contributed by atoms with van der Waals surface area (Å²) in [6, 6.07) is 4.40. The molecule has 0 aromatic heterocycles. The lowest BCUT2D eigenvalue weighted by molar-refractivity contribution is -0.384. The molecular formula is C16H13BrN2O4. The molecule has 7 heteroatoms. The van der Waals surface area contributed by atoms with Crippen LogP contribution in [0.3, 0.4) is 0 Å². The highest BCUT2D eigenvalue weighted by molar-refractivity contribution is 9.10. The maximum Gasteiger partial charge on any atom is 0.294 e. The molecule has 0 radical (unpaired) electrons. The largest absolute Gasteiger partial charge is 0.294 e. The van der Waals surface area contributed by atoms with E-state index in [9.17, 15) is 19.7 Å². The van der Waals surface area contributed by atoms with Gasteiger partial charge >= 0.3 is 0 Å². The zero-order valence-electron chi connectivity index (χ0n) is 12.0. The Morgan fingerprint density at radius 1 is 1.09 bits per heavy atom. The standard InChI is InChI=1S/C16H13BrN2O4/c17-10-5-6-11(12(7-10)19(22)23)18-15(20)13-8-1-2-9(4-3-8)14(13)16(18)21/h1-2,5-9,13-14H,3-4H2/t8-,9-,13-,14+/m1/s1. The fourth-order valence-electron chi connectivity index (χ4n) is 4.14. The Balaban J connectivity index is 1.81. The van der Waals surface area contributed by atoms with Gasteiger partial charge in [-0.2, -0.15) is 0 Å². The highest BCUT2D eigenvalue weighted by atomic mass is 79.9. The number of hydrogen-bond acceptors (Lipinski definition) is 4. The van der Waals surface area contributed by atoms with Gasteiger partial charge in [0.1, 0.15) is 5.69 Å². The molecule has 5 rings (SSSR count). The van der Waals surface area contributed by atoms with Gasteiger partial charge in [0.15, 0.2) is 0 Å². The molecule has 1 heterocycles. The van der Waals surface area contributed by atoms with Gasteiger partial charge in [0, 0.05) is 10.5 Å². The number of carbonyl (C=O) groups excluding carboxylic acids is 2. The van der Waals surface area contributed by atoms with Gasteiger partial charge < -0.3 is 0 Å². The Kier molecular flexibility index (Phi) is 3.16. The first-order chi connectivity index (χ1) is 11.0. The van der Waals surface area contributed by atoms with E-state index in [1.54, 1.807) is 6.07 Å². The first kappa shape index (κ1) is 14.6. The van der Waals surface area contributed by atoms with Crippen LogP contribution in [0.25, 0.3) is 0 Å². The fraction of sp³-hybridized carbons (Fsp3) is 0.375. The topological polar surface area (TPSA) is 80.5 Å². The number of carbonyl (C=O) groups is 2. The van der Waals surface area contributed by atoms with E-state index in [4.69, 9.17) is 0 Å². The molecule has 1 aliphatic heterocycles. The van der Waals surface area contributed by atoms with E-state index in [1.807, 2.05) is 12.2 Å². The predicted molar refractivity (Wildman–Crippen MR) is 85.6 cm³/mol. The molecule has 118 valence electrons. The summed E-state index contributed by atoms with van der Waals surface area (Å²) >= 11 is 3.19. The fourth-order valence-corrected chi connectivity index (χ4v) is 4.49. The molecule has 2 bridgehead atoms. The number of imide groups is 1. The highest BCUT2D eigenvalue weighted by Gasteiger charge is 2.57. The average Bonchev–Trinajstić information content (AvgIpc) is 2.82. The Bertz CT molecular complexity index is 743. The summed E-state index contributed by atoms with van der Waals surface area (Å²) in [5.74, 6) is -1.19. The second-order valence-electron chi connectivity index (χ2n) is 6.24. The summed E-state index contributed by atoms with van der Waals surface area (Å²) < 4.78 is 0.534. The van der Waals surface area contributed by atoms with Crippen LogP contribution in [-0.2, 0) is 9.59 Å². The summed E-state index contributed by atoms with van der Waals surface area (Å²) in [7, 11) is 0. The summed E-state index contributed by atoms with van der Waals surface area (Å²) in [5.41, 5.74) is -0.165. The smallest absolute Gasteiger partial charge is 0.274 e. The molecule has 1 saturated carbocycles. The van der Waals surface area contributed by atoms with Crippen molar-refractivity contribution >= 4 is 39.1 Å². The number of halogens is 1. The molecular weight excluding hydrogens is 364 g/mol.